The van der Waals surface area contributed by atoms with Gasteiger partial charge < -0.3 is 9.16 Å². The van der Waals surface area contributed by atoms with Crippen molar-refractivity contribution in [1.82, 2.24) is 0 Å². The van der Waals surface area contributed by atoms with Crippen LogP contribution in [0.25, 0.3) is 0 Å². The number of hydrogen-bond donors (Lipinski definition) is 0. The van der Waals surface area contributed by atoms with E-state index in [0.29, 0.717) is 5.92 Å². The van der Waals surface area contributed by atoms with Gasteiger partial charge in [0.25, 0.3) is 0 Å². The highest BCUT2D eigenvalue weighted by atomic mass is 28.4. The summed E-state index contributed by atoms with van der Waals surface area (Å²) in [6.07, 6.45) is 5.94. The fourth-order valence-electron chi connectivity index (χ4n) is 3.57. The zero-order valence-corrected chi connectivity index (χ0v) is 13.4. The van der Waals surface area contributed by atoms with Crippen LogP contribution in [-0.2, 0) is 14.0 Å². The van der Waals surface area contributed by atoms with E-state index >= 15 is 0 Å². The second-order valence-electron chi connectivity index (χ2n) is 6.45. The summed E-state index contributed by atoms with van der Waals surface area (Å²) >= 11 is 0. The minimum absolute atomic E-state index is 0.208. The number of rotatable bonds is 2. The summed E-state index contributed by atoms with van der Waals surface area (Å²) in [7, 11) is -0.308. The summed E-state index contributed by atoms with van der Waals surface area (Å²) in [5, 5.41) is 0. The van der Waals surface area contributed by atoms with Gasteiger partial charge in [-0.15, -0.1) is 6.58 Å². The molecule has 0 aromatic rings. The average Bonchev–Trinajstić information content (AvgIpc) is 2.63. The number of esters is 1. The average molecular weight is 280 g/mol. The molecule has 0 N–H and O–H groups in total. The molecule has 0 bridgehead atoms. The molecule has 1 heterocycles. The van der Waals surface area contributed by atoms with E-state index in [0.717, 1.165) is 24.5 Å². The Morgan fingerprint density at radius 2 is 2.32 bits per heavy atom. The second-order valence-corrected chi connectivity index (χ2v) is 10.6. The molecule has 2 aliphatic rings. The van der Waals surface area contributed by atoms with Crippen LogP contribution in [-0.4, -0.2) is 27.0 Å². The van der Waals surface area contributed by atoms with Gasteiger partial charge in [0.15, 0.2) is 8.32 Å². The van der Waals surface area contributed by atoms with E-state index in [1.807, 2.05) is 6.08 Å². The van der Waals surface area contributed by atoms with Gasteiger partial charge >= 0.3 is 5.97 Å². The molecular formula is C15H24O3Si. The van der Waals surface area contributed by atoms with E-state index in [2.05, 4.69) is 32.7 Å². The van der Waals surface area contributed by atoms with Gasteiger partial charge in [0.2, 0.25) is 0 Å². The number of carbonyl (C=O) groups is 1. The molecule has 3 nitrogen and oxygen atoms in total. The monoisotopic (exact) mass is 280 g/mol. The topological polar surface area (TPSA) is 35.5 Å². The Kier molecular flexibility index (Phi) is 3.75. The molecule has 106 valence electrons. The van der Waals surface area contributed by atoms with Crippen LogP contribution in [0.5, 0.6) is 0 Å². The summed E-state index contributed by atoms with van der Waals surface area (Å²) in [6, 6.07) is 0.872. The molecule has 1 aliphatic carbocycles. The fourth-order valence-corrected chi connectivity index (χ4v) is 5.68. The van der Waals surface area contributed by atoms with Crippen LogP contribution in [0.4, 0.5) is 0 Å². The summed E-state index contributed by atoms with van der Waals surface area (Å²) in [6.45, 7) is 10.6. The molecule has 3 atom stereocenters. The van der Waals surface area contributed by atoms with Crippen molar-refractivity contribution in [1.29, 1.82) is 0 Å². The molecule has 0 saturated heterocycles. The third-order valence-corrected chi connectivity index (χ3v) is 6.41. The first kappa shape index (κ1) is 14.5. The van der Waals surface area contributed by atoms with Crippen LogP contribution in [0.1, 0.15) is 19.8 Å². The van der Waals surface area contributed by atoms with E-state index in [1.165, 1.54) is 7.11 Å². The van der Waals surface area contributed by atoms with E-state index in [4.69, 9.17) is 9.16 Å². The Hall–Kier alpha value is -0.873. The highest BCUT2D eigenvalue weighted by Crippen LogP contribution is 2.51. The van der Waals surface area contributed by atoms with E-state index in [1.54, 1.807) is 0 Å². The van der Waals surface area contributed by atoms with E-state index in [9.17, 15) is 4.79 Å². The number of methoxy groups -OCH3 is 1. The second kappa shape index (κ2) is 4.91. The lowest BCUT2D eigenvalue weighted by atomic mass is 9.83. The maximum absolute atomic E-state index is 12.1. The molecule has 0 amide bonds. The Morgan fingerprint density at radius 1 is 1.63 bits per heavy atom. The van der Waals surface area contributed by atoms with Crippen molar-refractivity contribution in [2.75, 3.05) is 7.11 Å². The summed E-state index contributed by atoms with van der Waals surface area (Å²) < 4.78 is 11.5. The van der Waals surface area contributed by atoms with Gasteiger partial charge in [-0.1, -0.05) is 19.1 Å². The predicted octanol–water partition coefficient (Wildman–Crippen LogP) is 3.29. The molecule has 1 spiro atoms. The molecular weight excluding hydrogens is 256 g/mol. The van der Waals surface area contributed by atoms with Crippen LogP contribution in [0.15, 0.2) is 24.3 Å². The standard InChI is InChI=1S/C15H24O3Si/c1-6-12-9-11(2)10-15(12)13(14(16)17-3)7-8-19(4,5)18-15/h6-7,11-12H,1,8-10H2,2-5H3/t11-,12-,15-/m1/s1. The molecule has 1 aliphatic heterocycles. The zero-order chi connectivity index (χ0) is 14.3. The molecule has 0 aromatic heterocycles. The Morgan fingerprint density at radius 3 is 2.89 bits per heavy atom. The first-order valence-corrected chi connectivity index (χ1v) is 10.1. The van der Waals surface area contributed by atoms with E-state index in [-0.39, 0.29) is 11.9 Å². The smallest absolute Gasteiger partial charge is 0.336 e. The predicted molar refractivity (Wildman–Crippen MR) is 78.3 cm³/mol. The lowest BCUT2D eigenvalue weighted by molar-refractivity contribution is -0.139. The molecule has 0 unspecified atom stereocenters. The van der Waals surface area contributed by atoms with Crippen molar-refractivity contribution < 1.29 is 14.0 Å². The SMILES string of the molecule is C=C[C@@H]1C[C@@H](C)C[C@@]12O[Si](C)(C)CC=C2C(=O)OC. The highest BCUT2D eigenvalue weighted by molar-refractivity contribution is 6.72. The first-order valence-electron chi connectivity index (χ1n) is 6.96. The van der Waals surface area contributed by atoms with Crippen molar-refractivity contribution >= 4 is 14.3 Å². The van der Waals surface area contributed by atoms with Gasteiger partial charge in [-0.3, -0.25) is 0 Å². The third-order valence-electron chi connectivity index (χ3n) is 4.31. The van der Waals surface area contributed by atoms with Gasteiger partial charge in [0.05, 0.1) is 18.3 Å². The van der Waals surface area contributed by atoms with Crippen molar-refractivity contribution in [2.24, 2.45) is 11.8 Å². The van der Waals surface area contributed by atoms with Crippen LogP contribution >= 0.6 is 0 Å². The van der Waals surface area contributed by atoms with Crippen molar-refractivity contribution in [2.45, 2.75) is 44.5 Å². The Balaban J connectivity index is 2.48. The van der Waals surface area contributed by atoms with Crippen LogP contribution < -0.4 is 0 Å². The number of carbonyl (C=O) groups excluding carboxylic acids is 1. The normalized spacial score (nSPS) is 36.9. The largest absolute Gasteiger partial charge is 0.466 e. The highest BCUT2D eigenvalue weighted by Gasteiger charge is 2.55. The van der Waals surface area contributed by atoms with Gasteiger partial charge in [-0.05, 0) is 37.9 Å². The number of hydrogen-bond acceptors (Lipinski definition) is 3. The first-order chi connectivity index (χ1) is 8.84. The lowest BCUT2D eigenvalue weighted by Crippen LogP contribution is -2.52. The quantitative estimate of drug-likeness (QED) is 0.442. The van der Waals surface area contributed by atoms with Gasteiger partial charge in [0, 0.05) is 5.92 Å². The molecule has 1 saturated carbocycles. The van der Waals surface area contributed by atoms with Crippen molar-refractivity contribution in [3.8, 4) is 0 Å². The third kappa shape index (κ3) is 2.43. The minimum Gasteiger partial charge on any atom is -0.466 e. The summed E-state index contributed by atoms with van der Waals surface area (Å²) in [5.41, 5.74) is 0.235. The molecule has 19 heavy (non-hydrogen) atoms. The fraction of sp³-hybridized carbons (Fsp3) is 0.667. The summed E-state index contributed by atoms with van der Waals surface area (Å²) in [5.74, 6) is 0.504. The lowest BCUT2D eigenvalue weighted by Gasteiger charge is -2.45. The maximum atomic E-state index is 12.1. The Bertz CT molecular complexity index is 427. The zero-order valence-electron chi connectivity index (χ0n) is 12.4. The summed E-state index contributed by atoms with van der Waals surface area (Å²) in [4.78, 5) is 12.1. The number of ether oxygens (including phenoxy) is 1. The molecule has 1 fully saturated rings. The van der Waals surface area contributed by atoms with Crippen molar-refractivity contribution in [3.05, 3.63) is 24.3 Å². The van der Waals surface area contributed by atoms with Gasteiger partial charge in [0.1, 0.15) is 0 Å². The van der Waals surface area contributed by atoms with E-state index < -0.39 is 13.9 Å². The maximum Gasteiger partial charge on any atom is 0.336 e. The number of allylic oxidation sites excluding steroid dienone is 1. The van der Waals surface area contributed by atoms with Gasteiger partial charge in [-0.25, -0.2) is 4.79 Å². The molecule has 2 rings (SSSR count). The molecule has 0 radical (unpaired) electrons. The van der Waals surface area contributed by atoms with Gasteiger partial charge in [-0.2, -0.15) is 0 Å². The van der Waals surface area contributed by atoms with Crippen LogP contribution in [0, 0.1) is 11.8 Å². The molecule has 4 heteroatoms. The van der Waals surface area contributed by atoms with Crippen LogP contribution in [0.3, 0.4) is 0 Å². The Labute approximate surface area is 116 Å². The molecule has 0 aromatic carbocycles. The minimum atomic E-state index is -1.75. The van der Waals surface area contributed by atoms with Crippen LogP contribution in [0.2, 0.25) is 19.1 Å². The van der Waals surface area contributed by atoms with Crippen molar-refractivity contribution in [3.63, 3.8) is 0 Å².